The predicted molar refractivity (Wildman–Crippen MR) is 61.7 cm³/mol. The maximum Gasteiger partial charge on any atom is 0.305 e. The van der Waals surface area contributed by atoms with Gasteiger partial charge in [0.25, 0.3) is 0 Å². The van der Waals surface area contributed by atoms with E-state index in [1.807, 2.05) is 11.8 Å². The van der Waals surface area contributed by atoms with Gasteiger partial charge in [-0.1, -0.05) is 0 Å². The largest absolute Gasteiger partial charge is 0.481 e. The molecular formula is C11H20N2O4. The van der Waals surface area contributed by atoms with E-state index < -0.39 is 12.0 Å². The fourth-order valence-electron chi connectivity index (χ4n) is 2.03. The molecule has 6 heteroatoms. The second-order valence-electron chi connectivity index (χ2n) is 4.41. The number of carbonyl (C=O) groups excluding carboxylic acids is 1. The third-order valence-corrected chi connectivity index (χ3v) is 3.20. The average molecular weight is 244 g/mol. The van der Waals surface area contributed by atoms with Gasteiger partial charge in [0, 0.05) is 26.2 Å². The lowest BCUT2D eigenvalue weighted by atomic mass is 10.0. The lowest BCUT2D eigenvalue weighted by molar-refractivity contribution is -0.151. The highest BCUT2D eigenvalue weighted by Gasteiger charge is 2.37. The van der Waals surface area contributed by atoms with Crippen LogP contribution < -0.4 is 0 Å². The Morgan fingerprint density at radius 2 is 2.24 bits per heavy atom. The van der Waals surface area contributed by atoms with E-state index in [1.165, 1.54) is 0 Å². The molecule has 1 fully saturated rings. The number of rotatable bonds is 5. The summed E-state index contributed by atoms with van der Waals surface area (Å²) in [6.07, 6.45) is -0.150. The number of carbonyl (C=O) groups is 2. The molecule has 1 amide bonds. The van der Waals surface area contributed by atoms with Gasteiger partial charge < -0.3 is 14.7 Å². The van der Waals surface area contributed by atoms with E-state index in [9.17, 15) is 9.59 Å². The maximum atomic E-state index is 12.1. The van der Waals surface area contributed by atoms with Crippen LogP contribution in [0.3, 0.4) is 0 Å². The molecule has 98 valence electrons. The molecule has 17 heavy (non-hydrogen) atoms. The summed E-state index contributed by atoms with van der Waals surface area (Å²) in [4.78, 5) is 26.4. The molecule has 2 atom stereocenters. The van der Waals surface area contributed by atoms with Crippen molar-refractivity contribution < 1.29 is 19.4 Å². The molecule has 1 heterocycles. The number of hydrogen-bond acceptors (Lipinski definition) is 4. The van der Waals surface area contributed by atoms with Gasteiger partial charge in [-0.25, -0.2) is 0 Å². The van der Waals surface area contributed by atoms with Crippen molar-refractivity contribution in [3.05, 3.63) is 0 Å². The fourth-order valence-corrected chi connectivity index (χ4v) is 2.03. The first kappa shape index (κ1) is 13.9. The van der Waals surface area contributed by atoms with E-state index in [1.54, 1.807) is 19.1 Å². The van der Waals surface area contributed by atoms with Crippen LogP contribution in [0.25, 0.3) is 0 Å². The zero-order valence-corrected chi connectivity index (χ0v) is 10.5. The van der Waals surface area contributed by atoms with Crippen molar-refractivity contribution in [2.45, 2.75) is 25.4 Å². The molecule has 0 aromatic heterocycles. The maximum absolute atomic E-state index is 12.1. The minimum absolute atomic E-state index is 0.120. The lowest BCUT2D eigenvalue weighted by Gasteiger charge is -2.42. The third kappa shape index (κ3) is 3.41. The Morgan fingerprint density at radius 3 is 2.76 bits per heavy atom. The summed E-state index contributed by atoms with van der Waals surface area (Å²) in [5.41, 5.74) is 0. The Morgan fingerprint density at radius 1 is 1.59 bits per heavy atom. The second kappa shape index (κ2) is 5.97. The van der Waals surface area contributed by atoms with Crippen LogP contribution in [0.5, 0.6) is 0 Å². The summed E-state index contributed by atoms with van der Waals surface area (Å²) in [7, 11) is 3.38. The number of nitrogens with zero attached hydrogens (tertiary/aromatic N) is 2. The summed E-state index contributed by atoms with van der Waals surface area (Å²) >= 11 is 0. The smallest absolute Gasteiger partial charge is 0.305 e. The Bertz CT molecular complexity index is 295. The molecule has 0 aromatic rings. The van der Waals surface area contributed by atoms with Crippen LogP contribution in [0.4, 0.5) is 0 Å². The number of amides is 1. The predicted octanol–water partition coefficient (Wildman–Crippen LogP) is -0.361. The Balaban J connectivity index is 2.72. The fraction of sp³-hybridized carbons (Fsp3) is 0.818. The number of ether oxygens (including phenoxy) is 1. The van der Waals surface area contributed by atoms with Crippen molar-refractivity contribution in [3.63, 3.8) is 0 Å². The van der Waals surface area contributed by atoms with E-state index in [0.717, 1.165) is 0 Å². The minimum Gasteiger partial charge on any atom is -0.481 e. The van der Waals surface area contributed by atoms with E-state index in [2.05, 4.69) is 0 Å². The number of carboxylic acids is 1. The van der Waals surface area contributed by atoms with Gasteiger partial charge >= 0.3 is 5.97 Å². The van der Waals surface area contributed by atoms with E-state index in [0.29, 0.717) is 19.7 Å². The number of likely N-dealkylation sites (N-methyl/N-ethyl adjacent to an activating group) is 1. The molecule has 1 saturated heterocycles. The Hall–Kier alpha value is -1.14. The van der Waals surface area contributed by atoms with Gasteiger partial charge in [-0.3, -0.25) is 14.5 Å². The zero-order chi connectivity index (χ0) is 13.0. The van der Waals surface area contributed by atoms with Gasteiger partial charge in [-0.2, -0.15) is 0 Å². The first-order chi connectivity index (χ1) is 7.97. The van der Waals surface area contributed by atoms with Gasteiger partial charge in [0.1, 0.15) is 0 Å². The quantitative estimate of drug-likeness (QED) is 0.715. The van der Waals surface area contributed by atoms with Crippen molar-refractivity contribution >= 4 is 11.9 Å². The molecular weight excluding hydrogens is 224 g/mol. The van der Waals surface area contributed by atoms with Gasteiger partial charge in [-0.15, -0.1) is 0 Å². The van der Waals surface area contributed by atoms with Crippen LogP contribution >= 0.6 is 0 Å². The van der Waals surface area contributed by atoms with Gasteiger partial charge in [-0.05, 0) is 14.0 Å². The molecule has 0 bridgehead atoms. The van der Waals surface area contributed by atoms with Crippen molar-refractivity contribution in [1.82, 2.24) is 9.80 Å². The van der Waals surface area contributed by atoms with E-state index >= 15 is 0 Å². The van der Waals surface area contributed by atoms with Crippen LogP contribution in [0, 0.1) is 0 Å². The van der Waals surface area contributed by atoms with Gasteiger partial charge in [0.15, 0.2) is 0 Å². The van der Waals surface area contributed by atoms with Gasteiger partial charge in [0.05, 0.1) is 19.1 Å². The summed E-state index contributed by atoms with van der Waals surface area (Å²) in [5, 5.41) is 8.83. The van der Waals surface area contributed by atoms with Gasteiger partial charge in [0.2, 0.25) is 5.91 Å². The summed E-state index contributed by atoms with van der Waals surface area (Å²) in [6, 6.07) is -0.401. The van der Waals surface area contributed by atoms with Crippen molar-refractivity contribution in [2.75, 3.05) is 33.9 Å². The highest BCUT2D eigenvalue weighted by atomic mass is 16.5. The van der Waals surface area contributed by atoms with Crippen LogP contribution in [0.15, 0.2) is 0 Å². The Labute approximate surface area is 101 Å². The van der Waals surface area contributed by atoms with Crippen LogP contribution in [-0.2, 0) is 14.3 Å². The lowest BCUT2D eigenvalue weighted by Crippen LogP contribution is -2.60. The molecule has 0 saturated carbocycles. The average Bonchev–Trinajstić information content (AvgIpc) is 2.27. The standard InChI is InChI=1S/C11H20N2O4/c1-8-7-13(4-5-17-3)11(16)9(12(8)2)6-10(14)15/h8-9H,4-7H2,1-3H3,(H,14,15). The minimum atomic E-state index is -0.948. The second-order valence-corrected chi connectivity index (χ2v) is 4.41. The van der Waals surface area contributed by atoms with Crippen molar-refractivity contribution in [2.24, 2.45) is 0 Å². The first-order valence-electron chi connectivity index (χ1n) is 5.68. The third-order valence-electron chi connectivity index (χ3n) is 3.20. The molecule has 0 spiro atoms. The first-order valence-corrected chi connectivity index (χ1v) is 5.68. The zero-order valence-electron chi connectivity index (χ0n) is 10.5. The number of carboxylic acid groups (broad SMARTS) is 1. The molecule has 0 aromatic carbocycles. The summed E-state index contributed by atoms with van der Waals surface area (Å²) in [6.45, 7) is 3.60. The van der Waals surface area contributed by atoms with E-state index in [4.69, 9.17) is 9.84 Å². The van der Waals surface area contributed by atoms with Crippen LogP contribution in [0.1, 0.15) is 13.3 Å². The monoisotopic (exact) mass is 244 g/mol. The molecule has 6 nitrogen and oxygen atoms in total. The van der Waals surface area contributed by atoms with Crippen molar-refractivity contribution in [1.29, 1.82) is 0 Å². The molecule has 1 aliphatic heterocycles. The Kier molecular flexibility index (Phi) is 4.89. The number of hydrogen-bond donors (Lipinski definition) is 1. The van der Waals surface area contributed by atoms with E-state index in [-0.39, 0.29) is 18.4 Å². The summed E-state index contributed by atoms with van der Waals surface area (Å²) < 4.78 is 4.95. The molecule has 1 N–H and O–H groups in total. The SMILES string of the molecule is COCCN1CC(C)N(C)C(CC(=O)O)C1=O. The summed E-state index contributed by atoms with van der Waals surface area (Å²) in [5.74, 6) is -1.07. The normalized spacial score (nSPS) is 26.3. The molecule has 1 aliphatic rings. The molecule has 0 radical (unpaired) electrons. The molecule has 0 aliphatic carbocycles. The van der Waals surface area contributed by atoms with Crippen molar-refractivity contribution in [3.8, 4) is 0 Å². The topological polar surface area (TPSA) is 70.1 Å². The number of piperazine rings is 1. The highest BCUT2D eigenvalue weighted by Crippen LogP contribution is 2.17. The number of methoxy groups -OCH3 is 1. The van der Waals surface area contributed by atoms with Crippen LogP contribution in [-0.4, -0.2) is 72.7 Å². The molecule has 1 rings (SSSR count). The molecule has 2 unspecified atom stereocenters. The van der Waals surface area contributed by atoms with Crippen LogP contribution in [0.2, 0.25) is 0 Å². The highest BCUT2D eigenvalue weighted by molar-refractivity contribution is 5.87. The number of aliphatic carboxylic acids is 1.